The quantitative estimate of drug-likeness (QED) is 0.691. The van der Waals surface area contributed by atoms with Crippen LogP contribution in [0.3, 0.4) is 0 Å². The summed E-state index contributed by atoms with van der Waals surface area (Å²) in [5, 5.41) is 18.6. The van der Waals surface area contributed by atoms with Gasteiger partial charge in [0.2, 0.25) is 0 Å². The molecule has 2 aliphatic rings. The van der Waals surface area contributed by atoms with Crippen LogP contribution in [0.5, 0.6) is 0 Å². The molecule has 7 nitrogen and oxygen atoms in total. The van der Waals surface area contributed by atoms with Gasteiger partial charge >= 0.3 is 5.97 Å². The second kappa shape index (κ2) is 6.08. The minimum absolute atomic E-state index is 0.0999. The molecule has 1 amide bonds. The van der Waals surface area contributed by atoms with E-state index >= 15 is 0 Å². The number of carboxylic acids is 1. The van der Waals surface area contributed by atoms with Crippen LogP contribution < -0.4 is 5.32 Å². The highest BCUT2D eigenvalue weighted by atomic mass is 16.4. The molecule has 1 aromatic rings. The Morgan fingerprint density at radius 3 is 2.73 bits per heavy atom. The van der Waals surface area contributed by atoms with Crippen LogP contribution in [0.1, 0.15) is 41.7 Å². The molecule has 2 saturated carbocycles. The lowest BCUT2D eigenvalue weighted by molar-refractivity contribution is -0.139. The first kappa shape index (κ1) is 15.0. The molecule has 2 aliphatic carbocycles. The molecule has 0 radical (unpaired) electrons. The molecule has 0 bridgehead atoms. The molecule has 120 valence electrons. The van der Waals surface area contributed by atoms with Crippen molar-refractivity contribution in [2.45, 2.75) is 44.7 Å². The second-order valence-corrected chi connectivity index (χ2v) is 6.47. The van der Waals surface area contributed by atoms with Gasteiger partial charge in [0.25, 0.3) is 5.91 Å². The van der Waals surface area contributed by atoms with Crippen molar-refractivity contribution in [2.75, 3.05) is 13.1 Å². The predicted molar refractivity (Wildman–Crippen MR) is 79.5 cm³/mol. The number of aliphatic carboxylic acids is 1. The summed E-state index contributed by atoms with van der Waals surface area (Å²) < 4.78 is 0. The van der Waals surface area contributed by atoms with E-state index in [1.165, 1.54) is 19.0 Å². The summed E-state index contributed by atoms with van der Waals surface area (Å²) >= 11 is 0. The highest BCUT2D eigenvalue weighted by Gasteiger charge is 2.37. The SMILES string of the molecule is Cc1[nH]ncc1C(=O)NC1CC(N(CC(=O)O)CC2CC2)C1. The predicted octanol–water partition coefficient (Wildman–Crippen LogP) is 0.776. The first-order valence-corrected chi connectivity index (χ1v) is 7.79. The zero-order valence-electron chi connectivity index (χ0n) is 12.7. The fraction of sp³-hybridized carbons (Fsp3) is 0.667. The number of aryl methyl sites for hydroxylation is 1. The van der Waals surface area contributed by atoms with Crippen molar-refractivity contribution in [1.29, 1.82) is 0 Å². The minimum Gasteiger partial charge on any atom is -0.480 e. The molecule has 0 spiro atoms. The molecule has 0 aromatic carbocycles. The highest BCUT2D eigenvalue weighted by molar-refractivity contribution is 5.95. The second-order valence-electron chi connectivity index (χ2n) is 6.47. The number of carbonyl (C=O) groups excluding carboxylic acids is 1. The Kier molecular flexibility index (Phi) is 4.15. The average Bonchev–Trinajstić information content (AvgIpc) is 3.11. The standard InChI is InChI=1S/C15H22N4O3/c1-9-13(6-16-18-9)15(22)17-11-4-12(5-11)19(8-14(20)21)7-10-2-3-10/h6,10-12H,2-5,7-8H2,1H3,(H,16,18)(H,17,22)(H,20,21). The zero-order valence-corrected chi connectivity index (χ0v) is 12.7. The van der Waals surface area contributed by atoms with Gasteiger partial charge in [0.1, 0.15) is 0 Å². The van der Waals surface area contributed by atoms with E-state index in [0.29, 0.717) is 11.5 Å². The summed E-state index contributed by atoms with van der Waals surface area (Å²) in [7, 11) is 0. The third-order valence-corrected chi connectivity index (χ3v) is 4.57. The van der Waals surface area contributed by atoms with Gasteiger partial charge in [-0.25, -0.2) is 0 Å². The fourth-order valence-electron chi connectivity index (χ4n) is 3.00. The van der Waals surface area contributed by atoms with Crippen molar-refractivity contribution < 1.29 is 14.7 Å². The van der Waals surface area contributed by atoms with Crippen molar-refractivity contribution in [3.05, 3.63) is 17.5 Å². The molecule has 1 heterocycles. The Morgan fingerprint density at radius 2 is 2.18 bits per heavy atom. The molecule has 0 aliphatic heterocycles. The van der Waals surface area contributed by atoms with Crippen molar-refractivity contribution in [1.82, 2.24) is 20.4 Å². The molecule has 2 fully saturated rings. The summed E-state index contributed by atoms with van der Waals surface area (Å²) in [5.41, 5.74) is 1.33. The van der Waals surface area contributed by atoms with Crippen molar-refractivity contribution in [3.63, 3.8) is 0 Å². The van der Waals surface area contributed by atoms with Crippen LogP contribution in [0.25, 0.3) is 0 Å². The summed E-state index contributed by atoms with van der Waals surface area (Å²) in [6, 6.07) is 0.398. The van der Waals surface area contributed by atoms with Crippen LogP contribution in [0, 0.1) is 12.8 Å². The van der Waals surface area contributed by atoms with Crippen molar-refractivity contribution in [3.8, 4) is 0 Å². The van der Waals surface area contributed by atoms with Crippen LogP contribution in [0.15, 0.2) is 6.20 Å². The number of hydrogen-bond donors (Lipinski definition) is 3. The monoisotopic (exact) mass is 306 g/mol. The highest BCUT2D eigenvalue weighted by Crippen LogP contribution is 2.33. The maximum absolute atomic E-state index is 12.1. The van der Waals surface area contributed by atoms with Crippen molar-refractivity contribution in [2.24, 2.45) is 5.92 Å². The number of carbonyl (C=O) groups is 2. The van der Waals surface area contributed by atoms with E-state index in [-0.39, 0.29) is 24.5 Å². The number of amides is 1. The van der Waals surface area contributed by atoms with E-state index in [4.69, 9.17) is 5.11 Å². The maximum atomic E-state index is 12.1. The molecule has 7 heteroatoms. The molecule has 3 rings (SSSR count). The van der Waals surface area contributed by atoms with E-state index < -0.39 is 5.97 Å². The number of hydrogen-bond acceptors (Lipinski definition) is 4. The van der Waals surface area contributed by atoms with Gasteiger partial charge in [-0.1, -0.05) is 0 Å². The molecule has 0 atom stereocenters. The summed E-state index contributed by atoms with van der Waals surface area (Å²) in [6.45, 7) is 2.79. The first-order chi connectivity index (χ1) is 10.5. The van der Waals surface area contributed by atoms with Gasteiger partial charge in [0.15, 0.2) is 0 Å². The number of aromatic amines is 1. The Hall–Kier alpha value is -1.89. The van der Waals surface area contributed by atoms with E-state index in [2.05, 4.69) is 20.4 Å². The van der Waals surface area contributed by atoms with Crippen LogP contribution in [0.4, 0.5) is 0 Å². The Balaban J connectivity index is 1.48. The molecule has 3 N–H and O–H groups in total. The number of aromatic nitrogens is 2. The number of nitrogens with one attached hydrogen (secondary N) is 2. The number of nitrogens with zero attached hydrogens (tertiary/aromatic N) is 2. The molecular weight excluding hydrogens is 284 g/mol. The number of H-pyrrole nitrogens is 1. The summed E-state index contributed by atoms with van der Waals surface area (Å²) in [5.74, 6) is -0.217. The minimum atomic E-state index is -0.776. The topological polar surface area (TPSA) is 98.3 Å². The van der Waals surface area contributed by atoms with E-state index in [1.807, 2.05) is 6.92 Å². The third-order valence-electron chi connectivity index (χ3n) is 4.57. The van der Waals surface area contributed by atoms with E-state index in [1.54, 1.807) is 0 Å². The normalized spacial score (nSPS) is 24.1. The van der Waals surface area contributed by atoms with Gasteiger partial charge in [0, 0.05) is 24.3 Å². The van der Waals surface area contributed by atoms with Gasteiger partial charge in [-0.05, 0) is 38.5 Å². The van der Waals surface area contributed by atoms with Crippen LogP contribution in [-0.4, -0.2) is 57.3 Å². The van der Waals surface area contributed by atoms with Gasteiger partial charge in [-0.2, -0.15) is 5.10 Å². The fourth-order valence-corrected chi connectivity index (χ4v) is 3.00. The first-order valence-electron chi connectivity index (χ1n) is 7.79. The smallest absolute Gasteiger partial charge is 0.317 e. The van der Waals surface area contributed by atoms with Crippen molar-refractivity contribution >= 4 is 11.9 Å². The molecule has 0 saturated heterocycles. The van der Waals surface area contributed by atoms with Gasteiger partial charge in [-0.3, -0.25) is 19.6 Å². The van der Waals surface area contributed by atoms with E-state index in [9.17, 15) is 9.59 Å². The Morgan fingerprint density at radius 1 is 1.45 bits per heavy atom. The third kappa shape index (κ3) is 3.47. The molecular formula is C15H22N4O3. The largest absolute Gasteiger partial charge is 0.480 e. The van der Waals surface area contributed by atoms with Crippen LogP contribution >= 0.6 is 0 Å². The molecule has 22 heavy (non-hydrogen) atoms. The van der Waals surface area contributed by atoms with Crippen LogP contribution in [0.2, 0.25) is 0 Å². The average molecular weight is 306 g/mol. The Labute approximate surface area is 129 Å². The van der Waals surface area contributed by atoms with Gasteiger partial charge < -0.3 is 10.4 Å². The Bertz CT molecular complexity index is 561. The van der Waals surface area contributed by atoms with Gasteiger partial charge in [0.05, 0.1) is 18.3 Å². The van der Waals surface area contributed by atoms with Gasteiger partial charge in [-0.15, -0.1) is 0 Å². The molecule has 0 unspecified atom stereocenters. The number of rotatable bonds is 7. The zero-order chi connectivity index (χ0) is 15.7. The van der Waals surface area contributed by atoms with Crippen LogP contribution in [-0.2, 0) is 4.79 Å². The summed E-state index contributed by atoms with van der Waals surface area (Å²) in [4.78, 5) is 25.1. The number of carboxylic acid groups (broad SMARTS) is 1. The lowest BCUT2D eigenvalue weighted by Gasteiger charge is -2.42. The lowest BCUT2D eigenvalue weighted by atomic mass is 9.85. The maximum Gasteiger partial charge on any atom is 0.317 e. The molecule has 1 aromatic heterocycles. The van der Waals surface area contributed by atoms with E-state index in [0.717, 1.165) is 25.1 Å². The lowest BCUT2D eigenvalue weighted by Crippen LogP contribution is -2.55. The summed E-state index contributed by atoms with van der Waals surface area (Å²) in [6.07, 6.45) is 5.60.